The molecule has 0 saturated heterocycles. The number of nitrogens with zero attached hydrogens (tertiary/aromatic N) is 4. The highest BCUT2D eigenvalue weighted by molar-refractivity contribution is 7.80. The molecule has 2 aromatic rings. The van der Waals surface area contributed by atoms with E-state index >= 15 is 0 Å². The van der Waals surface area contributed by atoms with E-state index in [-0.39, 0.29) is 19.0 Å². The Kier molecular flexibility index (Phi) is 9.52. The molecule has 176 valence electrons. The Morgan fingerprint density at radius 3 is 2.52 bits per heavy atom. The van der Waals surface area contributed by atoms with Gasteiger partial charge in [-0.1, -0.05) is 56.4 Å². The van der Waals surface area contributed by atoms with Crippen LogP contribution in [0.2, 0.25) is 0 Å². The van der Waals surface area contributed by atoms with Crippen molar-refractivity contribution in [1.82, 2.24) is 20.3 Å². The van der Waals surface area contributed by atoms with Crippen molar-refractivity contribution in [2.45, 2.75) is 57.5 Å². The second kappa shape index (κ2) is 12.8. The minimum absolute atomic E-state index is 0.107. The van der Waals surface area contributed by atoms with E-state index in [4.69, 9.17) is 17.3 Å². The van der Waals surface area contributed by atoms with Crippen molar-refractivity contribution in [1.29, 1.82) is 0 Å². The zero-order valence-corrected chi connectivity index (χ0v) is 19.3. The van der Waals surface area contributed by atoms with Crippen LogP contribution >= 0.6 is 12.2 Å². The molecule has 3 N–H and O–H groups in total. The molecule has 3 rings (SSSR count). The van der Waals surface area contributed by atoms with Crippen molar-refractivity contribution in [3.63, 3.8) is 0 Å². The molecule has 0 amide bonds. The van der Waals surface area contributed by atoms with Crippen LogP contribution in [0.4, 0.5) is 5.82 Å². The lowest BCUT2D eigenvalue weighted by molar-refractivity contribution is -0.392. The van der Waals surface area contributed by atoms with E-state index in [1.165, 1.54) is 42.9 Å². The molecule has 10 heteroatoms. The molecular formula is C23H30N6O3S. The smallest absolute Gasteiger partial charge is 0.343 e. The summed E-state index contributed by atoms with van der Waals surface area (Å²) < 4.78 is 1.37. The van der Waals surface area contributed by atoms with Gasteiger partial charge in [-0.2, -0.15) is 5.10 Å². The number of imidazole rings is 1. The quantitative estimate of drug-likeness (QED) is 0.232. The highest BCUT2D eigenvalue weighted by atomic mass is 32.1. The van der Waals surface area contributed by atoms with E-state index < -0.39 is 4.92 Å². The van der Waals surface area contributed by atoms with Gasteiger partial charge in [0.1, 0.15) is 12.7 Å². The molecule has 9 nitrogen and oxygen atoms in total. The van der Waals surface area contributed by atoms with Crippen LogP contribution in [0.5, 0.6) is 0 Å². The first-order chi connectivity index (χ1) is 16.1. The molecule has 1 aliphatic rings. The Hall–Kier alpha value is -3.11. The van der Waals surface area contributed by atoms with Gasteiger partial charge < -0.3 is 20.5 Å². The Morgan fingerprint density at radius 2 is 1.85 bits per heavy atom. The summed E-state index contributed by atoms with van der Waals surface area (Å²) in [4.78, 5) is 14.6. The van der Waals surface area contributed by atoms with Crippen molar-refractivity contribution >= 4 is 41.5 Å². The summed E-state index contributed by atoms with van der Waals surface area (Å²) >= 11 is 5.37. The lowest BCUT2D eigenvalue weighted by Crippen LogP contribution is -2.40. The summed E-state index contributed by atoms with van der Waals surface area (Å²) in [5.74, 6) is 0.264. The Balaban J connectivity index is 1.52. The summed E-state index contributed by atoms with van der Waals surface area (Å²) in [6, 6.07) is 8.08. The third kappa shape index (κ3) is 7.76. The number of benzene rings is 1. The van der Waals surface area contributed by atoms with E-state index in [1.807, 2.05) is 30.3 Å². The number of aromatic nitrogens is 2. The van der Waals surface area contributed by atoms with Crippen LogP contribution in [0, 0.1) is 10.1 Å². The molecule has 0 atom stereocenters. The van der Waals surface area contributed by atoms with Gasteiger partial charge in [-0.15, -0.1) is 0 Å². The molecule has 1 aromatic carbocycles. The number of hydrazone groups is 1. The number of thiocarbonyl (C=S) groups is 1. The van der Waals surface area contributed by atoms with E-state index in [9.17, 15) is 10.1 Å². The van der Waals surface area contributed by atoms with Gasteiger partial charge >= 0.3 is 5.82 Å². The maximum Gasteiger partial charge on any atom is 0.343 e. The monoisotopic (exact) mass is 470 g/mol. The molecule has 1 saturated carbocycles. The lowest BCUT2D eigenvalue weighted by atomic mass is 9.97. The maximum atomic E-state index is 11.1. The first-order valence-corrected chi connectivity index (χ1v) is 11.7. The number of aliphatic hydroxyl groups is 1. The zero-order chi connectivity index (χ0) is 23.5. The van der Waals surface area contributed by atoms with Gasteiger partial charge in [0.15, 0.2) is 5.11 Å². The van der Waals surface area contributed by atoms with Gasteiger partial charge in [-0.25, -0.2) is 9.55 Å². The van der Waals surface area contributed by atoms with Gasteiger partial charge in [0.05, 0.1) is 12.8 Å². The van der Waals surface area contributed by atoms with Crippen LogP contribution in [0.1, 0.15) is 61.9 Å². The summed E-state index contributed by atoms with van der Waals surface area (Å²) in [7, 11) is 0. The predicted molar refractivity (Wildman–Crippen MR) is 134 cm³/mol. The van der Waals surface area contributed by atoms with Crippen LogP contribution in [-0.2, 0) is 6.54 Å². The molecule has 33 heavy (non-hydrogen) atoms. The van der Waals surface area contributed by atoms with E-state index in [0.717, 1.165) is 24.0 Å². The van der Waals surface area contributed by atoms with Crippen molar-refractivity contribution in [3.8, 4) is 0 Å². The van der Waals surface area contributed by atoms with E-state index in [0.29, 0.717) is 17.0 Å². The summed E-state index contributed by atoms with van der Waals surface area (Å²) in [6.07, 6.45) is 15.1. The van der Waals surface area contributed by atoms with Gasteiger partial charge in [0.25, 0.3) is 0 Å². The van der Waals surface area contributed by atoms with Gasteiger partial charge in [0.2, 0.25) is 5.82 Å². The average Bonchev–Trinajstić information content (AvgIpc) is 3.18. The normalized spacial score (nSPS) is 15.4. The SMILES string of the molecule is O=[N+]([O-])c1cnc(/C=C/c2ccc(/C=N/NC(=S)NC3CCCCCCC3)cc2)n1CCO. The molecule has 0 aliphatic heterocycles. The Bertz CT molecular complexity index is 979. The Labute approximate surface area is 198 Å². The van der Waals surface area contributed by atoms with Crippen LogP contribution in [0.3, 0.4) is 0 Å². The van der Waals surface area contributed by atoms with Gasteiger partial charge in [0, 0.05) is 12.1 Å². The minimum Gasteiger partial charge on any atom is -0.392 e. The molecular weight excluding hydrogens is 440 g/mol. The van der Waals surface area contributed by atoms with Crippen molar-refractivity contribution < 1.29 is 10.0 Å². The minimum atomic E-state index is -0.513. The first kappa shape index (κ1) is 24.5. The third-order valence-corrected chi connectivity index (χ3v) is 5.77. The van der Waals surface area contributed by atoms with E-state index in [2.05, 4.69) is 20.8 Å². The fraction of sp³-hybridized carbons (Fsp3) is 0.435. The van der Waals surface area contributed by atoms with Crippen LogP contribution in [0.15, 0.2) is 35.6 Å². The molecule has 0 spiro atoms. The number of rotatable bonds is 8. The first-order valence-electron chi connectivity index (χ1n) is 11.3. The van der Waals surface area contributed by atoms with Crippen molar-refractivity contribution in [3.05, 3.63) is 57.5 Å². The average molecular weight is 471 g/mol. The van der Waals surface area contributed by atoms with Crippen LogP contribution in [0.25, 0.3) is 12.2 Å². The van der Waals surface area contributed by atoms with Crippen LogP contribution < -0.4 is 10.7 Å². The second-order valence-corrected chi connectivity index (χ2v) is 8.40. The number of nitrogens with one attached hydrogen (secondary N) is 2. The number of hydrogen-bond acceptors (Lipinski definition) is 6. The fourth-order valence-corrected chi connectivity index (χ4v) is 4.06. The summed E-state index contributed by atoms with van der Waals surface area (Å²) in [5, 5.41) is 28.4. The maximum absolute atomic E-state index is 11.1. The predicted octanol–water partition coefficient (Wildman–Crippen LogP) is 3.86. The van der Waals surface area contributed by atoms with Gasteiger partial charge in [-0.05, 0) is 47.2 Å². The molecule has 0 bridgehead atoms. The molecule has 1 heterocycles. The van der Waals surface area contributed by atoms with E-state index in [1.54, 1.807) is 12.3 Å². The number of aliphatic hydroxyl groups excluding tert-OH is 1. The molecule has 1 aliphatic carbocycles. The molecule has 1 fully saturated rings. The standard InChI is InChI=1S/C23H30N6O3S/c30-15-14-28-21(24-17-22(28)29(31)32)13-12-18-8-10-19(11-9-18)16-25-27-23(33)26-20-6-4-2-1-3-5-7-20/h8-13,16-17,20,30H,1-7,14-15H2,(H2,26,27,33)/b13-12+,25-16+. The second-order valence-electron chi connectivity index (χ2n) is 7.99. The number of hydrogen-bond donors (Lipinski definition) is 3. The largest absolute Gasteiger partial charge is 0.392 e. The highest BCUT2D eigenvalue weighted by Gasteiger charge is 2.17. The lowest BCUT2D eigenvalue weighted by Gasteiger charge is -2.21. The van der Waals surface area contributed by atoms with Gasteiger partial charge in [-0.3, -0.25) is 5.43 Å². The highest BCUT2D eigenvalue weighted by Crippen LogP contribution is 2.18. The summed E-state index contributed by atoms with van der Waals surface area (Å²) in [6.45, 7) is -0.102. The van der Waals surface area contributed by atoms with Crippen molar-refractivity contribution in [2.75, 3.05) is 6.61 Å². The number of nitro groups is 1. The molecule has 0 radical (unpaired) electrons. The van der Waals surface area contributed by atoms with Crippen LogP contribution in [-0.4, -0.2) is 43.6 Å². The third-order valence-electron chi connectivity index (χ3n) is 5.56. The van der Waals surface area contributed by atoms with Crippen molar-refractivity contribution in [2.24, 2.45) is 5.10 Å². The fourth-order valence-electron chi connectivity index (χ4n) is 3.84. The Morgan fingerprint density at radius 1 is 1.18 bits per heavy atom. The molecule has 1 aromatic heterocycles. The topological polar surface area (TPSA) is 118 Å². The summed E-state index contributed by atoms with van der Waals surface area (Å²) in [5.41, 5.74) is 4.71. The molecule has 0 unspecified atom stereocenters. The zero-order valence-electron chi connectivity index (χ0n) is 18.5.